The molecule has 0 bridgehead atoms. The smallest absolute Gasteiger partial charge is 0.0959 e. The third-order valence-electron chi connectivity index (χ3n) is 2.19. The first-order valence-electron chi connectivity index (χ1n) is 4.11. The van der Waals surface area contributed by atoms with Crippen molar-refractivity contribution in [1.82, 2.24) is 15.0 Å². The van der Waals surface area contributed by atoms with E-state index in [2.05, 4.69) is 15.0 Å². The highest BCUT2D eigenvalue weighted by Crippen LogP contribution is 2.20. The Balaban J connectivity index is 2.65. The molecule has 3 nitrogen and oxygen atoms in total. The average molecular weight is 169 g/mol. The standard InChI is InChI=1S/C10H7N3/c1-2-9-10(13-4-3-12-9)8-6-11-5-7(1)8/h1-6,12H. The normalized spacial score (nSPS) is 11.1. The van der Waals surface area contributed by atoms with E-state index in [1.54, 1.807) is 6.20 Å². The van der Waals surface area contributed by atoms with Gasteiger partial charge < -0.3 is 4.98 Å². The van der Waals surface area contributed by atoms with Crippen LogP contribution >= 0.6 is 0 Å². The minimum Gasteiger partial charge on any atom is -0.358 e. The lowest BCUT2D eigenvalue weighted by molar-refractivity contribution is 1.30. The van der Waals surface area contributed by atoms with E-state index in [-0.39, 0.29) is 0 Å². The number of fused-ring (bicyclic) bond motifs is 3. The zero-order valence-electron chi connectivity index (χ0n) is 6.86. The van der Waals surface area contributed by atoms with E-state index in [0.29, 0.717) is 0 Å². The number of H-pyrrole nitrogens is 1. The fourth-order valence-electron chi connectivity index (χ4n) is 1.56. The molecule has 0 unspecified atom stereocenters. The topological polar surface area (TPSA) is 41.6 Å². The number of aromatic amines is 1. The molecule has 2 aromatic heterocycles. The van der Waals surface area contributed by atoms with Gasteiger partial charge in [0.1, 0.15) is 0 Å². The minimum absolute atomic E-state index is 0.984. The molecule has 1 N–H and O–H groups in total. The number of aromatic nitrogens is 3. The zero-order valence-corrected chi connectivity index (χ0v) is 6.86. The highest BCUT2D eigenvalue weighted by Gasteiger charge is 2.00. The summed E-state index contributed by atoms with van der Waals surface area (Å²) in [7, 11) is 0. The van der Waals surface area contributed by atoms with Crippen LogP contribution < -0.4 is 0 Å². The molecule has 0 radical (unpaired) electrons. The lowest BCUT2D eigenvalue weighted by atomic mass is 10.2. The lowest BCUT2D eigenvalue weighted by Gasteiger charge is -1.96. The number of hydrogen-bond donors (Lipinski definition) is 1. The highest BCUT2D eigenvalue weighted by atomic mass is 14.8. The van der Waals surface area contributed by atoms with Gasteiger partial charge in [0.2, 0.25) is 0 Å². The van der Waals surface area contributed by atoms with Gasteiger partial charge in [-0.05, 0) is 6.07 Å². The van der Waals surface area contributed by atoms with Gasteiger partial charge in [-0.25, -0.2) is 0 Å². The predicted octanol–water partition coefficient (Wildman–Crippen LogP) is 2.11. The minimum atomic E-state index is 0.984. The SMILES string of the molecule is c1c[nH]c2ccc3cncc3c2n1. The van der Waals surface area contributed by atoms with Gasteiger partial charge in [0, 0.05) is 35.6 Å². The Morgan fingerprint density at radius 2 is 2.15 bits per heavy atom. The zero-order chi connectivity index (χ0) is 8.67. The monoisotopic (exact) mass is 169 g/mol. The van der Waals surface area contributed by atoms with Crippen molar-refractivity contribution >= 4 is 21.8 Å². The van der Waals surface area contributed by atoms with Crippen molar-refractivity contribution in [3.63, 3.8) is 0 Å². The van der Waals surface area contributed by atoms with Crippen LogP contribution in [0.2, 0.25) is 0 Å². The highest BCUT2D eigenvalue weighted by molar-refractivity contribution is 6.03. The molecule has 0 atom stereocenters. The summed E-state index contributed by atoms with van der Waals surface area (Å²) in [4.78, 5) is 11.6. The van der Waals surface area contributed by atoms with E-state index in [1.807, 2.05) is 30.7 Å². The molecule has 0 aliphatic carbocycles. The van der Waals surface area contributed by atoms with Gasteiger partial charge in [-0.3, -0.25) is 9.97 Å². The Bertz CT molecular complexity index is 568. The fourth-order valence-corrected chi connectivity index (χ4v) is 1.56. The van der Waals surface area contributed by atoms with Gasteiger partial charge in [0.05, 0.1) is 11.0 Å². The molecule has 0 aliphatic rings. The number of rotatable bonds is 0. The first-order chi connectivity index (χ1) is 6.45. The fraction of sp³-hybridized carbons (Fsp3) is 0. The summed E-state index contributed by atoms with van der Waals surface area (Å²) in [6.07, 6.45) is 7.28. The van der Waals surface area contributed by atoms with Crippen molar-refractivity contribution in [2.24, 2.45) is 0 Å². The molecule has 0 saturated heterocycles. The second-order valence-corrected chi connectivity index (χ2v) is 2.96. The maximum atomic E-state index is 4.31. The van der Waals surface area contributed by atoms with Gasteiger partial charge in [0.15, 0.2) is 0 Å². The summed E-state index contributed by atoms with van der Waals surface area (Å²) in [5.74, 6) is 0. The van der Waals surface area contributed by atoms with Crippen molar-refractivity contribution in [3.05, 3.63) is 36.9 Å². The summed E-state index contributed by atoms with van der Waals surface area (Å²) in [6.45, 7) is 0. The van der Waals surface area contributed by atoms with Crippen LogP contribution in [-0.2, 0) is 0 Å². The molecule has 0 fully saturated rings. The van der Waals surface area contributed by atoms with E-state index >= 15 is 0 Å². The predicted molar refractivity (Wildman–Crippen MR) is 51.4 cm³/mol. The number of hydrogen-bond acceptors (Lipinski definition) is 2. The summed E-state index contributed by atoms with van der Waals surface area (Å²) in [5, 5.41) is 2.24. The van der Waals surface area contributed by atoms with Crippen LogP contribution in [0, 0.1) is 0 Å². The Morgan fingerprint density at radius 1 is 1.15 bits per heavy atom. The number of nitrogens with one attached hydrogen (secondary N) is 1. The van der Waals surface area contributed by atoms with E-state index < -0.39 is 0 Å². The van der Waals surface area contributed by atoms with Crippen LogP contribution in [-0.4, -0.2) is 15.0 Å². The summed E-state index contributed by atoms with van der Waals surface area (Å²) < 4.78 is 0. The van der Waals surface area contributed by atoms with E-state index in [1.165, 1.54) is 0 Å². The Hall–Kier alpha value is -1.90. The Morgan fingerprint density at radius 3 is 3.15 bits per heavy atom. The molecular weight excluding hydrogens is 162 g/mol. The number of nitrogens with zero attached hydrogens (tertiary/aromatic N) is 2. The van der Waals surface area contributed by atoms with E-state index in [0.717, 1.165) is 21.8 Å². The van der Waals surface area contributed by atoms with Crippen LogP contribution in [0.25, 0.3) is 21.8 Å². The number of benzene rings is 1. The van der Waals surface area contributed by atoms with Crippen LogP contribution in [0.15, 0.2) is 36.9 Å². The third kappa shape index (κ3) is 0.839. The van der Waals surface area contributed by atoms with E-state index in [9.17, 15) is 0 Å². The molecule has 0 saturated carbocycles. The van der Waals surface area contributed by atoms with Crippen LogP contribution in [0.1, 0.15) is 0 Å². The van der Waals surface area contributed by atoms with Gasteiger partial charge in [-0.15, -0.1) is 0 Å². The second-order valence-electron chi connectivity index (χ2n) is 2.96. The van der Waals surface area contributed by atoms with Crippen molar-refractivity contribution in [3.8, 4) is 0 Å². The summed E-state index contributed by atoms with van der Waals surface area (Å²) in [6, 6.07) is 4.06. The van der Waals surface area contributed by atoms with Crippen molar-refractivity contribution in [1.29, 1.82) is 0 Å². The molecule has 0 amide bonds. The van der Waals surface area contributed by atoms with Crippen LogP contribution in [0.4, 0.5) is 0 Å². The molecule has 3 aromatic rings. The molecule has 62 valence electrons. The van der Waals surface area contributed by atoms with Gasteiger partial charge >= 0.3 is 0 Å². The molecular formula is C10H7N3. The Kier molecular flexibility index (Phi) is 1.16. The summed E-state index contributed by atoms with van der Waals surface area (Å²) in [5.41, 5.74) is 2.03. The van der Waals surface area contributed by atoms with Crippen LogP contribution in [0.5, 0.6) is 0 Å². The quantitative estimate of drug-likeness (QED) is 0.560. The molecule has 0 aliphatic heterocycles. The molecule has 3 rings (SSSR count). The Labute approximate surface area is 74.4 Å². The van der Waals surface area contributed by atoms with Crippen molar-refractivity contribution in [2.75, 3.05) is 0 Å². The van der Waals surface area contributed by atoms with Gasteiger partial charge in [0.25, 0.3) is 0 Å². The van der Waals surface area contributed by atoms with Gasteiger partial charge in [-0.1, -0.05) is 6.07 Å². The maximum absolute atomic E-state index is 4.31. The van der Waals surface area contributed by atoms with Crippen LogP contribution in [0.3, 0.4) is 0 Å². The third-order valence-corrected chi connectivity index (χ3v) is 2.19. The van der Waals surface area contributed by atoms with Gasteiger partial charge in [-0.2, -0.15) is 0 Å². The molecule has 2 heterocycles. The van der Waals surface area contributed by atoms with Crippen molar-refractivity contribution in [2.45, 2.75) is 0 Å². The maximum Gasteiger partial charge on any atom is 0.0959 e. The molecule has 0 spiro atoms. The molecule has 1 aromatic carbocycles. The van der Waals surface area contributed by atoms with E-state index in [4.69, 9.17) is 0 Å². The lowest BCUT2D eigenvalue weighted by Crippen LogP contribution is -1.81. The average Bonchev–Trinajstić information content (AvgIpc) is 2.65. The molecule has 13 heavy (non-hydrogen) atoms. The largest absolute Gasteiger partial charge is 0.358 e. The van der Waals surface area contributed by atoms with Crippen molar-refractivity contribution < 1.29 is 0 Å². The first-order valence-corrected chi connectivity index (χ1v) is 4.11. The summed E-state index contributed by atoms with van der Waals surface area (Å²) >= 11 is 0. The second kappa shape index (κ2) is 2.29. The first kappa shape index (κ1) is 6.60. The molecule has 3 heteroatoms.